The SMILES string of the molecule is CN1CCN(CCCNC(=O)c2cn[nH]c2-c2cccc(F)c2)CC1. The molecule has 1 amide bonds. The Balaban J connectivity index is 1.50. The van der Waals surface area contributed by atoms with Gasteiger partial charge < -0.3 is 15.1 Å². The van der Waals surface area contributed by atoms with Crippen LogP contribution < -0.4 is 5.32 Å². The van der Waals surface area contributed by atoms with Crippen molar-refractivity contribution in [1.29, 1.82) is 0 Å². The van der Waals surface area contributed by atoms with Crippen LogP contribution in [0.15, 0.2) is 30.5 Å². The summed E-state index contributed by atoms with van der Waals surface area (Å²) in [6.07, 6.45) is 2.39. The van der Waals surface area contributed by atoms with E-state index in [0.717, 1.165) is 39.1 Å². The number of piperazine rings is 1. The van der Waals surface area contributed by atoms with Crippen molar-refractivity contribution in [3.05, 3.63) is 41.8 Å². The molecule has 0 radical (unpaired) electrons. The van der Waals surface area contributed by atoms with E-state index in [1.54, 1.807) is 12.1 Å². The average molecular weight is 345 g/mol. The van der Waals surface area contributed by atoms with Crippen molar-refractivity contribution in [3.63, 3.8) is 0 Å². The number of hydrogen-bond acceptors (Lipinski definition) is 4. The summed E-state index contributed by atoms with van der Waals surface area (Å²) in [7, 11) is 2.14. The van der Waals surface area contributed by atoms with E-state index in [-0.39, 0.29) is 11.7 Å². The highest BCUT2D eigenvalue weighted by Gasteiger charge is 2.16. The Bertz CT molecular complexity index is 709. The minimum absolute atomic E-state index is 0.189. The second kappa shape index (κ2) is 8.22. The lowest BCUT2D eigenvalue weighted by Crippen LogP contribution is -2.45. The number of aromatic amines is 1. The highest BCUT2D eigenvalue weighted by atomic mass is 19.1. The van der Waals surface area contributed by atoms with E-state index in [9.17, 15) is 9.18 Å². The van der Waals surface area contributed by atoms with Crippen LogP contribution in [0.4, 0.5) is 4.39 Å². The molecule has 1 saturated heterocycles. The van der Waals surface area contributed by atoms with Crippen LogP contribution in [0, 0.1) is 5.82 Å². The molecule has 7 heteroatoms. The molecule has 0 aliphatic carbocycles. The summed E-state index contributed by atoms with van der Waals surface area (Å²) < 4.78 is 13.4. The van der Waals surface area contributed by atoms with Crippen molar-refractivity contribution in [2.75, 3.05) is 46.3 Å². The fourth-order valence-corrected chi connectivity index (χ4v) is 2.99. The zero-order valence-corrected chi connectivity index (χ0v) is 14.5. The highest BCUT2D eigenvalue weighted by Crippen LogP contribution is 2.21. The molecule has 2 heterocycles. The molecule has 2 aromatic rings. The van der Waals surface area contributed by atoms with Crippen molar-refractivity contribution < 1.29 is 9.18 Å². The van der Waals surface area contributed by atoms with Gasteiger partial charge in [0, 0.05) is 38.3 Å². The monoisotopic (exact) mass is 345 g/mol. The summed E-state index contributed by atoms with van der Waals surface area (Å²) in [5.74, 6) is -0.531. The number of nitrogens with zero attached hydrogens (tertiary/aromatic N) is 3. The Hall–Kier alpha value is -2.25. The van der Waals surface area contributed by atoms with Gasteiger partial charge in [0.15, 0.2) is 0 Å². The van der Waals surface area contributed by atoms with E-state index in [1.165, 1.54) is 18.3 Å². The molecule has 1 aliphatic rings. The van der Waals surface area contributed by atoms with Crippen LogP contribution in [0.25, 0.3) is 11.3 Å². The molecule has 25 heavy (non-hydrogen) atoms. The molecule has 0 unspecified atom stereocenters. The van der Waals surface area contributed by atoms with Gasteiger partial charge in [-0.15, -0.1) is 0 Å². The van der Waals surface area contributed by atoms with E-state index in [4.69, 9.17) is 0 Å². The average Bonchev–Trinajstić information content (AvgIpc) is 3.10. The Morgan fingerprint density at radius 2 is 2.12 bits per heavy atom. The molecule has 0 spiro atoms. The smallest absolute Gasteiger partial charge is 0.255 e. The predicted octanol–water partition coefficient (Wildman–Crippen LogP) is 1.58. The summed E-state index contributed by atoms with van der Waals surface area (Å²) in [4.78, 5) is 17.1. The fraction of sp³-hybridized carbons (Fsp3) is 0.444. The van der Waals surface area contributed by atoms with Crippen LogP contribution in [0.1, 0.15) is 16.8 Å². The minimum atomic E-state index is -0.342. The van der Waals surface area contributed by atoms with Gasteiger partial charge in [0.2, 0.25) is 0 Å². The molecule has 1 aliphatic heterocycles. The van der Waals surface area contributed by atoms with Gasteiger partial charge >= 0.3 is 0 Å². The molecule has 0 bridgehead atoms. The quantitative estimate of drug-likeness (QED) is 0.781. The molecule has 1 fully saturated rings. The number of nitrogens with one attached hydrogen (secondary N) is 2. The molecule has 0 saturated carbocycles. The summed E-state index contributed by atoms with van der Waals surface area (Å²) >= 11 is 0. The van der Waals surface area contributed by atoms with E-state index < -0.39 is 0 Å². The Morgan fingerprint density at radius 3 is 2.88 bits per heavy atom. The maximum Gasteiger partial charge on any atom is 0.255 e. The number of rotatable bonds is 6. The third-order valence-electron chi connectivity index (χ3n) is 4.53. The van der Waals surface area contributed by atoms with Gasteiger partial charge in [0.25, 0.3) is 5.91 Å². The first-order valence-corrected chi connectivity index (χ1v) is 8.62. The van der Waals surface area contributed by atoms with Gasteiger partial charge in [0.1, 0.15) is 5.82 Å². The van der Waals surface area contributed by atoms with Gasteiger partial charge in [-0.25, -0.2) is 4.39 Å². The van der Waals surface area contributed by atoms with E-state index in [2.05, 4.69) is 32.4 Å². The number of H-pyrrole nitrogens is 1. The summed E-state index contributed by atoms with van der Waals surface area (Å²) in [6.45, 7) is 5.94. The largest absolute Gasteiger partial charge is 0.352 e. The van der Waals surface area contributed by atoms with Crippen molar-refractivity contribution in [3.8, 4) is 11.3 Å². The number of aromatic nitrogens is 2. The van der Waals surface area contributed by atoms with Crippen LogP contribution in [-0.2, 0) is 0 Å². The zero-order chi connectivity index (χ0) is 17.6. The van der Waals surface area contributed by atoms with Crippen molar-refractivity contribution in [2.24, 2.45) is 0 Å². The fourth-order valence-electron chi connectivity index (χ4n) is 2.99. The van der Waals surface area contributed by atoms with Crippen molar-refractivity contribution in [1.82, 2.24) is 25.3 Å². The van der Waals surface area contributed by atoms with Crippen molar-refractivity contribution in [2.45, 2.75) is 6.42 Å². The van der Waals surface area contributed by atoms with Crippen LogP contribution in [-0.4, -0.2) is 72.2 Å². The topological polar surface area (TPSA) is 64.3 Å². The van der Waals surface area contributed by atoms with Gasteiger partial charge in [-0.1, -0.05) is 12.1 Å². The second-order valence-electron chi connectivity index (χ2n) is 6.42. The van der Waals surface area contributed by atoms with Crippen molar-refractivity contribution >= 4 is 5.91 Å². The molecule has 1 aromatic heterocycles. The molecule has 2 N–H and O–H groups in total. The highest BCUT2D eigenvalue weighted by molar-refractivity contribution is 5.99. The lowest BCUT2D eigenvalue weighted by molar-refractivity contribution is 0.0950. The van der Waals surface area contributed by atoms with Crippen LogP contribution >= 0.6 is 0 Å². The van der Waals surface area contributed by atoms with Gasteiger partial charge in [-0.05, 0) is 32.1 Å². The number of likely N-dealkylation sites (N-methyl/N-ethyl adjacent to an activating group) is 1. The van der Waals surface area contributed by atoms with E-state index in [1.807, 2.05) is 0 Å². The first-order valence-electron chi connectivity index (χ1n) is 8.62. The molecular weight excluding hydrogens is 321 g/mol. The van der Waals surface area contributed by atoms with Gasteiger partial charge in [0.05, 0.1) is 17.5 Å². The lowest BCUT2D eigenvalue weighted by atomic mass is 10.1. The Kier molecular flexibility index (Phi) is 5.78. The maximum atomic E-state index is 13.4. The number of amides is 1. The Labute approximate surface area is 147 Å². The normalized spacial score (nSPS) is 16.1. The summed E-state index contributed by atoms with van der Waals surface area (Å²) in [5.41, 5.74) is 1.58. The molecule has 3 rings (SSSR count). The molecule has 6 nitrogen and oxygen atoms in total. The van der Waals surface area contributed by atoms with Crippen LogP contribution in [0.3, 0.4) is 0 Å². The van der Waals surface area contributed by atoms with Crippen LogP contribution in [0.5, 0.6) is 0 Å². The van der Waals surface area contributed by atoms with Crippen LogP contribution in [0.2, 0.25) is 0 Å². The third kappa shape index (κ3) is 4.64. The summed E-state index contributed by atoms with van der Waals surface area (Å²) in [6, 6.07) is 6.12. The molecule has 0 atom stereocenters. The van der Waals surface area contributed by atoms with Gasteiger partial charge in [-0.2, -0.15) is 5.10 Å². The maximum absolute atomic E-state index is 13.4. The number of halogens is 1. The number of benzene rings is 1. The standard InChI is InChI=1S/C18H24FN5O/c1-23-8-10-24(11-9-23)7-3-6-20-18(25)16-13-21-22-17(16)14-4-2-5-15(19)12-14/h2,4-5,12-13H,3,6-11H2,1H3,(H,20,25)(H,21,22). The predicted molar refractivity (Wildman–Crippen MR) is 94.9 cm³/mol. The van der Waals surface area contributed by atoms with E-state index in [0.29, 0.717) is 23.4 Å². The number of hydrogen-bond donors (Lipinski definition) is 2. The second-order valence-corrected chi connectivity index (χ2v) is 6.42. The molecule has 134 valence electrons. The lowest BCUT2D eigenvalue weighted by Gasteiger charge is -2.32. The molecular formula is C18H24FN5O. The first kappa shape index (κ1) is 17.6. The summed E-state index contributed by atoms with van der Waals surface area (Å²) in [5, 5.41) is 9.65. The minimum Gasteiger partial charge on any atom is -0.352 e. The molecule has 1 aromatic carbocycles. The third-order valence-corrected chi connectivity index (χ3v) is 4.53. The number of carbonyl (C=O) groups excluding carboxylic acids is 1. The number of carbonyl (C=O) groups is 1. The van der Waals surface area contributed by atoms with E-state index >= 15 is 0 Å². The zero-order valence-electron chi connectivity index (χ0n) is 14.5. The van der Waals surface area contributed by atoms with Gasteiger partial charge in [-0.3, -0.25) is 9.89 Å². The Morgan fingerprint density at radius 1 is 1.32 bits per heavy atom. The first-order chi connectivity index (χ1) is 12.1.